The second-order valence-corrected chi connectivity index (χ2v) is 12.8. The van der Waals surface area contributed by atoms with Crippen LogP contribution in [0.15, 0.2) is 191 Å². The van der Waals surface area contributed by atoms with Crippen molar-refractivity contribution in [1.29, 1.82) is 0 Å². The molecular weight excluding hydrogens is 625 g/mol. The van der Waals surface area contributed by atoms with Crippen LogP contribution in [0.2, 0.25) is 0 Å². The van der Waals surface area contributed by atoms with Crippen molar-refractivity contribution < 1.29 is 8.83 Å². The van der Waals surface area contributed by atoms with Crippen LogP contribution < -0.4 is 4.90 Å². The van der Waals surface area contributed by atoms with E-state index in [1.165, 1.54) is 16.3 Å². The maximum absolute atomic E-state index is 6.43. The summed E-state index contributed by atoms with van der Waals surface area (Å²) in [5.41, 5.74) is 11.7. The molecule has 4 heteroatoms. The molecule has 0 aliphatic heterocycles. The summed E-state index contributed by atoms with van der Waals surface area (Å²) in [7, 11) is 0. The molecule has 0 aliphatic rings. The zero-order valence-electron chi connectivity index (χ0n) is 27.5. The highest BCUT2D eigenvalue weighted by Gasteiger charge is 2.18. The molecule has 0 amide bonds. The molecule has 10 aromatic rings. The van der Waals surface area contributed by atoms with E-state index in [2.05, 4.69) is 132 Å². The molecule has 0 radical (unpaired) electrons. The van der Waals surface area contributed by atoms with Crippen LogP contribution in [0.3, 0.4) is 0 Å². The molecule has 8 aromatic carbocycles. The highest BCUT2D eigenvalue weighted by Crippen LogP contribution is 2.41. The molecule has 0 N–H and O–H groups in total. The van der Waals surface area contributed by atoms with Crippen molar-refractivity contribution in [1.82, 2.24) is 4.98 Å². The van der Waals surface area contributed by atoms with Gasteiger partial charge in [0.1, 0.15) is 16.7 Å². The Balaban J connectivity index is 1.10. The van der Waals surface area contributed by atoms with Crippen molar-refractivity contribution in [3.63, 3.8) is 0 Å². The van der Waals surface area contributed by atoms with Gasteiger partial charge in [-0.15, -0.1) is 0 Å². The van der Waals surface area contributed by atoms with E-state index in [0.29, 0.717) is 5.89 Å². The summed E-state index contributed by atoms with van der Waals surface area (Å²) in [5, 5.41) is 4.68. The SMILES string of the molecule is c1ccc(-c2nc3cccc(-c4cccc(N(c5ccc(-c6ccc7ccccc7c6)cc5)c5ccc6c(c5)oc5ccccc56)c4)c3o2)cc1. The van der Waals surface area contributed by atoms with Crippen LogP contribution >= 0.6 is 0 Å². The number of oxazole rings is 1. The van der Waals surface area contributed by atoms with Crippen molar-refractivity contribution in [2.24, 2.45) is 0 Å². The number of furan rings is 1. The van der Waals surface area contributed by atoms with Crippen LogP contribution in [0.5, 0.6) is 0 Å². The van der Waals surface area contributed by atoms with Gasteiger partial charge in [0.15, 0.2) is 5.58 Å². The molecule has 0 saturated carbocycles. The Morgan fingerprint density at radius 3 is 2.00 bits per heavy atom. The van der Waals surface area contributed by atoms with Gasteiger partial charge in [-0.2, -0.15) is 0 Å². The summed E-state index contributed by atoms with van der Waals surface area (Å²) < 4.78 is 12.8. The lowest BCUT2D eigenvalue weighted by Crippen LogP contribution is -2.10. The van der Waals surface area contributed by atoms with Crippen LogP contribution in [0, 0.1) is 0 Å². The summed E-state index contributed by atoms with van der Waals surface area (Å²) in [6.45, 7) is 0. The Kier molecular flexibility index (Phi) is 6.78. The topological polar surface area (TPSA) is 42.4 Å². The highest BCUT2D eigenvalue weighted by molar-refractivity contribution is 6.06. The van der Waals surface area contributed by atoms with Crippen molar-refractivity contribution in [3.8, 4) is 33.7 Å². The number of fused-ring (bicyclic) bond motifs is 5. The number of para-hydroxylation sites is 2. The van der Waals surface area contributed by atoms with Gasteiger partial charge in [0, 0.05) is 45.0 Å². The van der Waals surface area contributed by atoms with Gasteiger partial charge >= 0.3 is 0 Å². The lowest BCUT2D eigenvalue weighted by molar-refractivity contribution is 0.621. The number of hydrogen-bond donors (Lipinski definition) is 0. The van der Waals surface area contributed by atoms with E-state index in [9.17, 15) is 0 Å². The molecular formula is C47H30N2O2. The Bertz CT molecular complexity index is 2870. The molecule has 0 unspecified atom stereocenters. The second kappa shape index (κ2) is 11.9. The van der Waals surface area contributed by atoms with Crippen LogP contribution in [0.25, 0.3) is 77.5 Å². The average molecular weight is 655 g/mol. The number of nitrogens with zero attached hydrogens (tertiary/aromatic N) is 2. The molecule has 0 aliphatic carbocycles. The number of rotatable bonds is 6. The molecule has 2 heterocycles. The first-order valence-electron chi connectivity index (χ1n) is 17.1. The average Bonchev–Trinajstić information content (AvgIpc) is 3.80. The fourth-order valence-corrected chi connectivity index (χ4v) is 7.17. The summed E-state index contributed by atoms with van der Waals surface area (Å²) in [6, 6.07) is 63.4. The number of anilines is 3. The molecule has 240 valence electrons. The van der Waals surface area contributed by atoms with E-state index in [1.807, 2.05) is 54.6 Å². The van der Waals surface area contributed by atoms with Gasteiger partial charge in [0.05, 0.1) is 0 Å². The van der Waals surface area contributed by atoms with Crippen molar-refractivity contribution in [2.45, 2.75) is 0 Å². The van der Waals surface area contributed by atoms with Crippen LogP contribution in [0.1, 0.15) is 0 Å². The molecule has 4 nitrogen and oxygen atoms in total. The van der Waals surface area contributed by atoms with Crippen molar-refractivity contribution in [3.05, 3.63) is 182 Å². The smallest absolute Gasteiger partial charge is 0.227 e. The second-order valence-electron chi connectivity index (χ2n) is 12.8. The van der Waals surface area contributed by atoms with E-state index >= 15 is 0 Å². The number of hydrogen-bond acceptors (Lipinski definition) is 4. The Morgan fingerprint density at radius 2 is 1.10 bits per heavy atom. The number of aromatic nitrogens is 1. The maximum Gasteiger partial charge on any atom is 0.227 e. The zero-order valence-corrected chi connectivity index (χ0v) is 27.5. The van der Waals surface area contributed by atoms with E-state index in [0.717, 1.165) is 72.4 Å². The van der Waals surface area contributed by atoms with Crippen molar-refractivity contribution >= 4 is 60.9 Å². The monoisotopic (exact) mass is 654 g/mol. The van der Waals surface area contributed by atoms with Crippen LogP contribution in [-0.2, 0) is 0 Å². The molecule has 51 heavy (non-hydrogen) atoms. The fraction of sp³-hybridized carbons (Fsp3) is 0. The van der Waals surface area contributed by atoms with E-state index in [-0.39, 0.29) is 0 Å². The molecule has 0 bridgehead atoms. The first kappa shape index (κ1) is 29.0. The first-order valence-corrected chi connectivity index (χ1v) is 17.1. The normalized spacial score (nSPS) is 11.5. The standard InChI is InChI=1S/C47H30N2O2/c1-2-11-33(12-3-1)47-48-43-18-9-17-40(46(43)51-47)36-14-8-15-38(29-36)49(39-26-27-42-41-16-6-7-19-44(41)50-45(42)30-39)37-24-22-32(23-25-37)35-21-20-31-10-4-5-13-34(31)28-35/h1-30H. The summed E-state index contributed by atoms with van der Waals surface area (Å²) in [4.78, 5) is 7.12. The van der Waals surface area contributed by atoms with E-state index in [4.69, 9.17) is 13.8 Å². The number of benzene rings is 8. The third kappa shape index (κ3) is 5.13. The zero-order chi connectivity index (χ0) is 33.7. The van der Waals surface area contributed by atoms with Gasteiger partial charge in [-0.3, -0.25) is 0 Å². The van der Waals surface area contributed by atoms with E-state index < -0.39 is 0 Å². The summed E-state index contributed by atoms with van der Waals surface area (Å²) >= 11 is 0. The van der Waals surface area contributed by atoms with Crippen LogP contribution in [-0.4, -0.2) is 4.98 Å². The predicted molar refractivity (Wildman–Crippen MR) is 210 cm³/mol. The van der Waals surface area contributed by atoms with Gasteiger partial charge in [0.2, 0.25) is 5.89 Å². The quantitative estimate of drug-likeness (QED) is 0.179. The van der Waals surface area contributed by atoms with Crippen LogP contribution in [0.4, 0.5) is 17.1 Å². The summed E-state index contributed by atoms with van der Waals surface area (Å²) in [6.07, 6.45) is 0. The molecule has 2 aromatic heterocycles. The highest BCUT2D eigenvalue weighted by atomic mass is 16.3. The minimum atomic E-state index is 0.612. The largest absolute Gasteiger partial charge is 0.456 e. The fourth-order valence-electron chi connectivity index (χ4n) is 7.17. The van der Waals surface area contributed by atoms with E-state index in [1.54, 1.807) is 0 Å². The minimum Gasteiger partial charge on any atom is -0.456 e. The third-order valence-corrected chi connectivity index (χ3v) is 9.68. The predicted octanol–water partition coefficient (Wildman–Crippen LogP) is 13.4. The van der Waals surface area contributed by atoms with Gasteiger partial charge in [-0.05, 0) is 94.2 Å². The van der Waals surface area contributed by atoms with Gasteiger partial charge < -0.3 is 13.7 Å². The van der Waals surface area contributed by atoms with Gasteiger partial charge in [-0.25, -0.2) is 4.98 Å². The minimum absolute atomic E-state index is 0.612. The molecule has 0 atom stereocenters. The van der Waals surface area contributed by atoms with Gasteiger partial charge in [-0.1, -0.05) is 109 Å². The third-order valence-electron chi connectivity index (χ3n) is 9.68. The lowest BCUT2D eigenvalue weighted by atomic mass is 10.0. The maximum atomic E-state index is 6.43. The Morgan fingerprint density at radius 1 is 0.392 bits per heavy atom. The molecule has 0 fully saturated rings. The molecule has 0 saturated heterocycles. The molecule has 0 spiro atoms. The summed E-state index contributed by atoms with van der Waals surface area (Å²) in [5.74, 6) is 0.612. The molecule has 10 rings (SSSR count). The Labute approximate surface area is 294 Å². The lowest BCUT2D eigenvalue weighted by Gasteiger charge is -2.26. The van der Waals surface area contributed by atoms with Crippen molar-refractivity contribution in [2.75, 3.05) is 4.90 Å². The first-order chi connectivity index (χ1) is 25.2. The van der Waals surface area contributed by atoms with Gasteiger partial charge in [0.25, 0.3) is 0 Å². The Hall–Kier alpha value is -6.91.